The van der Waals surface area contributed by atoms with Gasteiger partial charge in [0.15, 0.2) is 0 Å². The van der Waals surface area contributed by atoms with Crippen molar-refractivity contribution in [2.24, 2.45) is 5.92 Å². The number of halogens is 1. The number of rotatable bonds is 8. The van der Waals surface area contributed by atoms with E-state index >= 15 is 0 Å². The Balaban J connectivity index is 1.78. The molecule has 0 bridgehead atoms. The zero-order valence-corrected chi connectivity index (χ0v) is 19.3. The topological polar surface area (TPSA) is 78.5 Å². The number of nitrogens with zero attached hydrogens (tertiary/aromatic N) is 2. The van der Waals surface area contributed by atoms with E-state index in [0.717, 1.165) is 29.7 Å². The van der Waals surface area contributed by atoms with Gasteiger partial charge < -0.3 is 14.7 Å². The van der Waals surface area contributed by atoms with Crippen molar-refractivity contribution in [1.29, 1.82) is 0 Å². The van der Waals surface area contributed by atoms with Crippen LogP contribution in [0.1, 0.15) is 61.3 Å². The van der Waals surface area contributed by atoms with Crippen LogP contribution in [-0.4, -0.2) is 39.3 Å². The highest BCUT2D eigenvalue weighted by atomic mass is 35.5. The summed E-state index contributed by atoms with van der Waals surface area (Å²) in [4.78, 5) is 15.1. The number of aromatic amines is 1. The van der Waals surface area contributed by atoms with E-state index in [4.69, 9.17) is 16.3 Å². The molecule has 6 nitrogen and oxygen atoms in total. The number of nitrogens with one attached hydrogen (secondary N) is 1. The second-order valence-electron chi connectivity index (χ2n) is 8.53. The van der Waals surface area contributed by atoms with Crippen molar-refractivity contribution in [3.05, 3.63) is 64.3 Å². The van der Waals surface area contributed by atoms with Gasteiger partial charge in [0.05, 0.1) is 12.6 Å². The third kappa shape index (κ3) is 4.19. The van der Waals surface area contributed by atoms with Gasteiger partial charge in [-0.25, -0.2) is 0 Å². The van der Waals surface area contributed by atoms with Crippen molar-refractivity contribution in [1.82, 2.24) is 15.1 Å². The van der Waals surface area contributed by atoms with E-state index in [9.17, 15) is 9.90 Å². The van der Waals surface area contributed by atoms with Gasteiger partial charge in [0.1, 0.15) is 22.9 Å². The lowest BCUT2D eigenvalue weighted by atomic mass is 9.95. The van der Waals surface area contributed by atoms with Gasteiger partial charge in [-0.05, 0) is 54.7 Å². The Morgan fingerprint density at radius 2 is 2.06 bits per heavy atom. The highest BCUT2D eigenvalue weighted by molar-refractivity contribution is 6.31. The number of carbonyl (C=O) groups is 1. The number of benzene rings is 2. The van der Waals surface area contributed by atoms with Crippen LogP contribution in [0, 0.1) is 5.92 Å². The lowest BCUT2D eigenvalue weighted by molar-refractivity contribution is 0.0743. The number of fused-ring (bicyclic) bond motifs is 1. The Kier molecular flexibility index (Phi) is 6.42. The van der Waals surface area contributed by atoms with Gasteiger partial charge in [-0.1, -0.05) is 44.5 Å². The fraction of sp³-hybridized carbons (Fsp3) is 0.360. The molecule has 0 saturated carbocycles. The molecule has 168 valence electrons. The molecule has 7 heteroatoms. The first-order valence-electron chi connectivity index (χ1n) is 11.0. The largest absolute Gasteiger partial charge is 0.507 e. The quantitative estimate of drug-likeness (QED) is 0.450. The lowest BCUT2D eigenvalue weighted by Crippen LogP contribution is -2.30. The van der Waals surface area contributed by atoms with Gasteiger partial charge in [-0.15, -0.1) is 0 Å². The fourth-order valence-electron chi connectivity index (χ4n) is 4.10. The summed E-state index contributed by atoms with van der Waals surface area (Å²) in [5.41, 5.74) is 3.17. The van der Waals surface area contributed by atoms with Crippen molar-refractivity contribution in [2.75, 3.05) is 13.2 Å². The van der Waals surface area contributed by atoms with Crippen LogP contribution in [0.3, 0.4) is 0 Å². The summed E-state index contributed by atoms with van der Waals surface area (Å²) in [6.07, 6.45) is 1.79. The van der Waals surface area contributed by atoms with Crippen LogP contribution in [0.25, 0.3) is 11.3 Å². The molecule has 2 heterocycles. The van der Waals surface area contributed by atoms with E-state index in [1.165, 1.54) is 6.07 Å². The lowest BCUT2D eigenvalue weighted by Gasteiger charge is -2.26. The van der Waals surface area contributed by atoms with Crippen molar-refractivity contribution in [3.8, 4) is 22.8 Å². The molecule has 1 unspecified atom stereocenters. The number of hydrogen-bond acceptors (Lipinski definition) is 4. The summed E-state index contributed by atoms with van der Waals surface area (Å²) in [5.74, 6) is 1.30. The summed E-state index contributed by atoms with van der Waals surface area (Å²) in [6.45, 7) is 7.62. The average Bonchev–Trinajstić information content (AvgIpc) is 3.29. The number of phenols is 1. The molecule has 1 aliphatic rings. The molecular formula is C25H28ClN3O3. The predicted molar refractivity (Wildman–Crippen MR) is 125 cm³/mol. The van der Waals surface area contributed by atoms with Crippen LogP contribution in [0.15, 0.2) is 42.5 Å². The van der Waals surface area contributed by atoms with Gasteiger partial charge in [0.25, 0.3) is 5.91 Å². The maximum atomic E-state index is 13.2. The zero-order valence-electron chi connectivity index (χ0n) is 18.6. The Hall–Kier alpha value is -2.99. The second kappa shape index (κ2) is 9.25. The second-order valence-corrected chi connectivity index (χ2v) is 8.96. The zero-order chi connectivity index (χ0) is 22.8. The number of ether oxygens (including phenoxy) is 1. The Bertz CT molecular complexity index is 1130. The van der Waals surface area contributed by atoms with Crippen LogP contribution < -0.4 is 4.74 Å². The summed E-state index contributed by atoms with van der Waals surface area (Å²) in [5, 5.41) is 18.3. The molecule has 1 atom stereocenters. The predicted octanol–water partition coefficient (Wildman–Crippen LogP) is 5.82. The molecule has 1 aromatic heterocycles. The molecule has 0 saturated heterocycles. The van der Waals surface area contributed by atoms with Gasteiger partial charge in [-0.3, -0.25) is 9.89 Å². The van der Waals surface area contributed by atoms with Crippen LogP contribution in [0.2, 0.25) is 5.02 Å². The van der Waals surface area contributed by atoms with Crippen LogP contribution in [0.5, 0.6) is 11.5 Å². The first-order valence-corrected chi connectivity index (χ1v) is 11.4. The molecular weight excluding hydrogens is 426 g/mol. The van der Waals surface area contributed by atoms with E-state index in [0.29, 0.717) is 41.0 Å². The summed E-state index contributed by atoms with van der Waals surface area (Å²) in [6, 6.07) is 12.4. The molecule has 2 aromatic carbocycles. The molecule has 4 rings (SSSR count). The number of amides is 1. The minimum atomic E-state index is -0.335. The van der Waals surface area contributed by atoms with Crippen LogP contribution in [-0.2, 0) is 0 Å². The molecule has 0 spiro atoms. The van der Waals surface area contributed by atoms with E-state index in [-0.39, 0.29) is 17.7 Å². The maximum absolute atomic E-state index is 13.2. The minimum absolute atomic E-state index is 0.0645. The number of aromatic hydroxyl groups is 1. The average molecular weight is 454 g/mol. The minimum Gasteiger partial charge on any atom is -0.507 e. The molecule has 0 radical (unpaired) electrons. The molecule has 0 aliphatic carbocycles. The van der Waals surface area contributed by atoms with Gasteiger partial charge in [-0.2, -0.15) is 5.10 Å². The van der Waals surface area contributed by atoms with Crippen molar-refractivity contribution in [2.45, 2.75) is 39.7 Å². The summed E-state index contributed by atoms with van der Waals surface area (Å²) in [7, 11) is 0. The Morgan fingerprint density at radius 3 is 2.81 bits per heavy atom. The molecule has 3 aromatic rings. The molecule has 1 amide bonds. The van der Waals surface area contributed by atoms with Crippen molar-refractivity contribution in [3.63, 3.8) is 0 Å². The number of aromatic nitrogens is 2. The van der Waals surface area contributed by atoms with Crippen molar-refractivity contribution >= 4 is 17.5 Å². The Morgan fingerprint density at radius 1 is 1.25 bits per heavy atom. The third-order valence-corrected chi connectivity index (χ3v) is 5.91. The first kappa shape index (κ1) is 22.2. The maximum Gasteiger partial charge on any atom is 0.273 e. The van der Waals surface area contributed by atoms with E-state index in [1.807, 2.05) is 36.1 Å². The van der Waals surface area contributed by atoms with E-state index < -0.39 is 0 Å². The molecule has 32 heavy (non-hydrogen) atoms. The van der Waals surface area contributed by atoms with E-state index in [2.05, 4.69) is 24.0 Å². The van der Waals surface area contributed by atoms with Gasteiger partial charge >= 0.3 is 0 Å². The van der Waals surface area contributed by atoms with Crippen LogP contribution in [0.4, 0.5) is 0 Å². The number of hydrogen-bond donors (Lipinski definition) is 2. The fourth-order valence-corrected chi connectivity index (χ4v) is 4.28. The van der Waals surface area contributed by atoms with Crippen LogP contribution >= 0.6 is 11.6 Å². The highest BCUT2D eigenvalue weighted by Crippen LogP contribution is 2.45. The SMILES string of the molecule is CCCN1C(=O)c2[nH]nc(-c3cc(Cl)ccc3O)c2C1c1cccc(OCCC(C)C)c1. The highest BCUT2D eigenvalue weighted by Gasteiger charge is 2.42. The summed E-state index contributed by atoms with van der Waals surface area (Å²) >= 11 is 6.19. The molecule has 2 N–H and O–H groups in total. The standard InChI is InChI=1S/C25H28ClN3O3/c1-4-11-29-24(16-6-5-7-18(13-16)32-12-10-15(2)3)21-22(27-28-23(21)25(29)31)19-14-17(26)8-9-20(19)30/h5-9,13-15,24,30H,4,10-12H2,1-3H3,(H,27,28). The Labute approximate surface area is 193 Å². The van der Waals surface area contributed by atoms with Gasteiger partial charge in [0, 0.05) is 22.7 Å². The molecule has 1 aliphatic heterocycles. The smallest absolute Gasteiger partial charge is 0.273 e. The number of H-pyrrole nitrogens is 1. The monoisotopic (exact) mass is 453 g/mol. The first-order chi connectivity index (χ1) is 15.4. The van der Waals surface area contributed by atoms with Crippen molar-refractivity contribution < 1.29 is 14.6 Å². The molecule has 0 fully saturated rings. The number of phenolic OH excluding ortho intramolecular Hbond substituents is 1. The third-order valence-electron chi connectivity index (χ3n) is 5.68. The summed E-state index contributed by atoms with van der Waals surface area (Å²) < 4.78 is 5.97. The number of carbonyl (C=O) groups excluding carboxylic acids is 1. The van der Waals surface area contributed by atoms with E-state index in [1.54, 1.807) is 12.1 Å². The van der Waals surface area contributed by atoms with Gasteiger partial charge in [0.2, 0.25) is 0 Å². The normalized spacial score (nSPS) is 15.5.